The number of nitrogens with one attached hydrogen (secondary N) is 1. The van der Waals surface area contributed by atoms with Crippen LogP contribution in [0.1, 0.15) is 24.0 Å². The van der Waals surface area contributed by atoms with E-state index in [4.69, 9.17) is 15.2 Å². The maximum absolute atomic E-state index is 12.4. The number of imide groups is 1. The van der Waals surface area contributed by atoms with E-state index in [0.717, 1.165) is 35.4 Å². The summed E-state index contributed by atoms with van der Waals surface area (Å²) in [5.41, 5.74) is 7.01. The van der Waals surface area contributed by atoms with Crippen LogP contribution in [0.5, 0.6) is 11.5 Å². The van der Waals surface area contributed by atoms with Crippen molar-refractivity contribution in [2.45, 2.75) is 42.9 Å². The second-order valence-electron chi connectivity index (χ2n) is 10.2. The van der Waals surface area contributed by atoms with Gasteiger partial charge in [0.2, 0.25) is 5.91 Å². The van der Waals surface area contributed by atoms with Crippen molar-refractivity contribution >= 4 is 23.8 Å². The maximum atomic E-state index is 12.4. The fourth-order valence-corrected chi connectivity index (χ4v) is 6.92. The molecule has 11 nitrogen and oxygen atoms in total. The van der Waals surface area contributed by atoms with Crippen LogP contribution in [0.4, 0.5) is 4.79 Å². The predicted octanol–water partition coefficient (Wildman–Crippen LogP) is 0.103. The van der Waals surface area contributed by atoms with Gasteiger partial charge >= 0.3 is 6.09 Å². The van der Waals surface area contributed by atoms with Crippen molar-refractivity contribution < 1.29 is 33.8 Å². The van der Waals surface area contributed by atoms with E-state index >= 15 is 0 Å². The smallest absolute Gasteiger partial charge is 0.405 e. The van der Waals surface area contributed by atoms with E-state index < -0.39 is 35.5 Å². The van der Waals surface area contributed by atoms with E-state index in [0.29, 0.717) is 18.8 Å². The van der Waals surface area contributed by atoms with E-state index in [-0.39, 0.29) is 36.6 Å². The van der Waals surface area contributed by atoms with Gasteiger partial charge < -0.3 is 25.6 Å². The Morgan fingerprint density at radius 2 is 1.97 bits per heavy atom. The summed E-state index contributed by atoms with van der Waals surface area (Å²) in [5.74, 6) is -0.387. The van der Waals surface area contributed by atoms with Crippen LogP contribution in [0.2, 0.25) is 0 Å². The van der Waals surface area contributed by atoms with Crippen LogP contribution < -0.4 is 15.8 Å². The van der Waals surface area contributed by atoms with Gasteiger partial charge in [-0.1, -0.05) is 12.1 Å². The summed E-state index contributed by atoms with van der Waals surface area (Å²) >= 11 is 0. The van der Waals surface area contributed by atoms with Gasteiger partial charge in [0, 0.05) is 61.1 Å². The number of carbonyl (C=O) groups is 4. The number of piperidine rings is 1. The zero-order valence-electron chi connectivity index (χ0n) is 20.1. The van der Waals surface area contributed by atoms with Crippen LogP contribution in [0.25, 0.3) is 0 Å². The van der Waals surface area contributed by atoms with Crippen LogP contribution in [0.3, 0.4) is 0 Å². The number of hydrogen-bond donors (Lipinski definition) is 3. The number of primary amides is 1. The van der Waals surface area contributed by atoms with Crippen LogP contribution in [0, 0.1) is 5.92 Å². The monoisotopic (exact) mass is 508 g/mol. The molecule has 0 radical (unpaired) electrons. The molecular weight excluding hydrogens is 480 g/mol. The number of likely N-dealkylation sites (tertiary alicyclic amines) is 1. The minimum Gasteiger partial charge on any atom is -0.504 e. The number of ether oxygens (including phenoxy) is 2. The number of amides is 4. The first-order valence-corrected chi connectivity index (χ1v) is 12.5. The molecule has 1 fully saturated rings. The molecule has 5 aliphatic rings. The van der Waals surface area contributed by atoms with E-state index in [9.17, 15) is 24.3 Å². The number of rotatable bonds is 7. The number of phenolic OH excluding ortho intramolecular Hbond substituents is 1. The summed E-state index contributed by atoms with van der Waals surface area (Å²) in [6.07, 6.45) is 5.87. The molecule has 4 N–H and O–H groups in total. The van der Waals surface area contributed by atoms with Crippen molar-refractivity contribution in [3.63, 3.8) is 0 Å². The zero-order valence-corrected chi connectivity index (χ0v) is 20.1. The molecule has 2 aliphatic carbocycles. The molecule has 3 aliphatic heterocycles. The average molecular weight is 509 g/mol. The van der Waals surface area contributed by atoms with Crippen LogP contribution in [-0.4, -0.2) is 83.1 Å². The van der Waals surface area contributed by atoms with Gasteiger partial charge in [0.15, 0.2) is 17.6 Å². The SMILES string of the molecule is NC(=O)O[C@H]1C=C[C@H]2[C@H]3Cc4ccc(O)c5c4[C@@]2(CCN3CCNC(=O)CCN2C(=O)C=CC2=O)[C@H]1O5. The Bertz CT molecular complexity index is 1240. The number of carbonyl (C=O) groups excluding carboxylic acids is 4. The number of hydrogen-bond acceptors (Lipinski definition) is 8. The lowest BCUT2D eigenvalue weighted by atomic mass is 9.53. The quantitative estimate of drug-likeness (QED) is 0.347. The van der Waals surface area contributed by atoms with E-state index in [1.807, 2.05) is 12.1 Å². The van der Waals surface area contributed by atoms with Gasteiger partial charge in [0.1, 0.15) is 6.10 Å². The molecule has 0 saturated carbocycles. The first-order valence-electron chi connectivity index (χ1n) is 12.5. The number of aromatic hydroxyl groups is 1. The fourth-order valence-electron chi connectivity index (χ4n) is 6.92. The minimum absolute atomic E-state index is 0.0526. The Morgan fingerprint density at radius 3 is 2.73 bits per heavy atom. The second kappa shape index (κ2) is 8.62. The molecule has 11 heteroatoms. The second-order valence-corrected chi connectivity index (χ2v) is 10.2. The first kappa shape index (κ1) is 23.5. The van der Waals surface area contributed by atoms with Crippen LogP contribution in [-0.2, 0) is 31.0 Å². The molecule has 1 spiro atoms. The third-order valence-corrected chi connectivity index (χ3v) is 8.40. The number of phenols is 1. The molecule has 1 aromatic carbocycles. The minimum atomic E-state index is -0.872. The number of nitrogens with two attached hydrogens (primary N) is 1. The van der Waals surface area contributed by atoms with Gasteiger partial charge in [-0.25, -0.2) is 4.79 Å². The third-order valence-electron chi connectivity index (χ3n) is 8.40. The van der Waals surface area contributed by atoms with Crippen molar-refractivity contribution in [2.75, 3.05) is 26.2 Å². The molecular formula is C26H28N4O7. The standard InChI is InChI=1S/C26H28N4O7/c27-25(35)36-18-4-2-15-16-13-14-1-3-17(31)23-22(14)26(15,24(18)37-23)8-11-29(16)12-9-28-19(32)7-10-30-20(33)5-6-21(30)34/h1-6,15-16,18,24,31H,7-13H2,(H2,27,35)(H,28,32)/t15-,16+,18-,24-,26-/m0/s1. The average Bonchev–Trinajstić information content (AvgIpc) is 3.38. The van der Waals surface area contributed by atoms with Crippen LogP contribution >= 0.6 is 0 Å². The van der Waals surface area contributed by atoms with Gasteiger partial charge in [-0.05, 0) is 37.1 Å². The largest absolute Gasteiger partial charge is 0.504 e. The highest BCUT2D eigenvalue weighted by Crippen LogP contribution is 2.62. The zero-order chi connectivity index (χ0) is 25.9. The lowest BCUT2D eigenvalue weighted by molar-refractivity contribution is -0.137. The van der Waals surface area contributed by atoms with Gasteiger partial charge in [0.05, 0.1) is 0 Å². The van der Waals surface area contributed by atoms with E-state index in [2.05, 4.69) is 16.3 Å². The summed E-state index contributed by atoms with van der Waals surface area (Å²) in [6, 6.07) is 3.72. The van der Waals surface area contributed by atoms with Crippen molar-refractivity contribution in [1.82, 2.24) is 15.1 Å². The fraction of sp³-hybridized carbons (Fsp3) is 0.462. The Balaban J connectivity index is 1.16. The molecule has 37 heavy (non-hydrogen) atoms. The van der Waals surface area contributed by atoms with Gasteiger partial charge in [-0.2, -0.15) is 0 Å². The summed E-state index contributed by atoms with van der Waals surface area (Å²) in [5, 5.41) is 13.5. The molecule has 0 aromatic heterocycles. The van der Waals surface area contributed by atoms with Crippen LogP contribution in [0.15, 0.2) is 36.4 Å². The lowest BCUT2D eigenvalue weighted by Gasteiger charge is -2.57. The van der Waals surface area contributed by atoms with Crippen molar-refractivity contribution in [3.05, 3.63) is 47.6 Å². The highest BCUT2D eigenvalue weighted by molar-refractivity contribution is 6.13. The molecule has 1 saturated heterocycles. The maximum Gasteiger partial charge on any atom is 0.405 e. The van der Waals surface area contributed by atoms with Crippen molar-refractivity contribution in [2.24, 2.45) is 11.7 Å². The lowest BCUT2D eigenvalue weighted by Crippen LogP contribution is -2.66. The van der Waals surface area contributed by atoms with Crippen molar-refractivity contribution in [1.29, 1.82) is 0 Å². The Kier molecular flexibility index (Phi) is 5.48. The highest BCUT2D eigenvalue weighted by atomic mass is 16.6. The molecule has 2 bridgehead atoms. The Morgan fingerprint density at radius 1 is 1.19 bits per heavy atom. The molecule has 0 unspecified atom stereocenters. The Hall–Kier alpha value is -3.86. The normalized spacial score (nSPS) is 30.8. The molecule has 5 atom stereocenters. The summed E-state index contributed by atoms with van der Waals surface area (Å²) in [6.45, 7) is 1.86. The topological polar surface area (TPSA) is 152 Å². The predicted molar refractivity (Wildman–Crippen MR) is 128 cm³/mol. The molecule has 194 valence electrons. The highest BCUT2D eigenvalue weighted by Gasteiger charge is 2.65. The molecule has 6 rings (SSSR count). The first-order chi connectivity index (χ1) is 17.8. The summed E-state index contributed by atoms with van der Waals surface area (Å²) < 4.78 is 11.7. The van der Waals surface area contributed by atoms with Crippen molar-refractivity contribution in [3.8, 4) is 11.5 Å². The molecule has 1 aromatic rings. The van der Waals surface area contributed by atoms with Gasteiger partial charge in [-0.3, -0.25) is 24.2 Å². The third kappa shape index (κ3) is 3.59. The van der Waals surface area contributed by atoms with Gasteiger partial charge in [0.25, 0.3) is 11.8 Å². The molecule has 3 heterocycles. The summed E-state index contributed by atoms with van der Waals surface area (Å²) in [7, 11) is 0. The number of nitrogens with zero attached hydrogens (tertiary/aromatic N) is 2. The van der Waals surface area contributed by atoms with E-state index in [1.54, 1.807) is 6.07 Å². The number of benzene rings is 1. The van der Waals surface area contributed by atoms with E-state index in [1.165, 1.54) is 12.2 Å². The molecule has 4 amide bonds. The summed E-state index contributed by atoms with van der Waals surface area (Å²) in [4.78, 5) is 50.7. The Labute approximate surface area is 212 Å². The van der Waals surface area contributed by atoms with Gasteiger partial charge in [-0.15, -0.1) is 0 Å².